The maximum absolute atomic E-state index is 13.2. The molecule has 0 saturated carbocycles. The molecular weight excluding hydrogens is 668 g/mol. The molecule has 0 aliphatic rings. The van der Waals surface area contributed by atoms with Crippen LogP contribution in [0, 0.1) is 5.41 Å². The van der Waals surface area contributed by atoms with Gasteiger partial charge in [0.2, 0.25) is 0 Å². The minimum atomic E-state index is -7.65. The summed E-state index contributed by atoms with van der Waals surface area (Å²) in [7, 11) is 0. The van der Waals surface area contributed by atoms with E-state index < -0.39 is 91.1 Å². The van der Waals surface area contributed by atoms with Gasteiger partial charge in [0.15, 0.2) is 0 Å². The van der Waals surface area contributed by atoms with Gasteiger partial charge in [-0.15, -0.1) is 0 Å². The van der Waals surface area contributed by atoms with E-state index in [2.05, 4.69) is 14.2 Å². The lowest BCUT2D eigenvalue weighted by Crippen LogP contribution is -2.70. The molecular formula is C18H17F18NO6. The van der Waals surface area contributed by atoms with Crippen molar-refractivity contribution in [3.8, 4) is 0 Å². The zero-order valence-corrected chi connectivity index (χ0v) is 20.9. The van der Waals surface area contributed by atoms with Crippen LogP contribution in [-0.2, 0) is 19.0 Å². The summed E-state index contributed by atoms with van der Waals surface area (Å²) in [6.45, 7) is -6.21. The molecule has 0 heterocycles. The van der Waals surface area contributed by atoms with Crippen LogP contribution in [0.25, 0.3) is 0 Å². The second kappa shape index (κ2) is 11.7. The van der Waals surface area contributed by atoms with Crippen molar-refractivity contribution in [3.05, 3.63) is 0 Å². The molecule has 0 aliphatic heterocycles. The van der Waals surface area contributed by atoms with Gasteiger partial charge in [-0.25, -0.2) is 4.79 Å². The second-order valence-corrected chi connectivity index (χ2v) is 9.37. The molecule has 2 N–H and O–H groups in total. The van der Waals surface area contributed by atoms with Gasteiger partial charge in [-0.2, -0.15) is 79.0 Å². The van der Waals surface area contributed by atoms with Gasteiger partial charge in [-0.1, -0.05) is 0 Å². The minimum Gasteiger partial charge on any atom is -0.481 e. The van der Waals surface area contributed by atoms with E-state index in [9.17, 15) is 93.7 Å². The van der Waals surface area contributed by atoms with Crippen molar-refractivity contribution in [2.75, 3.05) is 19.8 Å². The summed E-state index contributed by atoms with van der Waals surface area (Å²) < 4.78 is 248. The summed E-state index contributed by atoms with van der Waals surface area (Å²) in [5.74, 6) is -3.30. The van der Waals surface area contributed by atoms with Gasteiger partial charge in [0.25, 0.3) is 0 Å². The number of ether oxygens (including phenoxy) is 3. The van der Waals surface area contributed by atoms with Crippen LogP contribution in [0.4, 0.5) is 83.8 Å². The monoisotopic (exact) mass is 685 g/mol. The van der Waals surface area contributed by atoms with Crippen LogP contribution in [0.2, 0.25) is 0 Å². The van der Waals surface area contributed by atoms with E-state index in [1.54, 1.807) is 0 Å². The number of hydrogen-bond acceptors (Lipinski definition) is 5. The summed E-state index contributed by atoms with van der Waals surface area (Å²) in [4.78, 5) is 23.6. The lowest BCUT2D eigenvalue weighted by molar-refractivity contribution is -0.466. The van der Waals surface area contributed by atoms with E-state index in [1.165, 1.54) is 0 Å². The third-order valence-corrected chi connectivity index (χ3v) is 4.95. The van der Waals surface area contributed by atoms with E-state index in [1.807, 2.05) is 0 Å². The highest BCUT2D eigenvalue weighted by molar-refractivity contribution is 5.77. The first-order valence-electron chi connectivity index (χ1n) is 10.3. The number of alkyl carbamates (subject to hydrolysis) is 1. The first-order chi connectivity index (χ1) is 18.5. The quantitative estimate of drug-likeness (QED) is 0.271. The first kappa shape index (κ1) is 40.4. The second-order valence-electron chi connectivity index (χ2n) is 9.37. The summed E-state index contributed by atoms with van der Waals surface area (Å²) in [5, 5.41) is 10.4. The van der Waals surface area contributed by atoms with Crippen molar-refractivity contribution in [2.24, 2.45) is 5.41 Å². The zero-order chi connectivity index (χ0) is 35.1. The SMILES string of the molecule is CC(C)(C)OC(=O)NCC(COC(C(F)(F)F)(C(F)(F)F)C(F)(F)F)(COC(C(F)(F)F)(C(F)(F)F)C(F)(F)F)C(=O)O. The van der Waals surface area contributed by atoms with Crippen LogP contribution in [0.15, 0.2) is 0 Å². The number of alkyl halides is 18. The average Bonchev–Trinajstić information content (AvgIpc) is 2.64. The highest BCUT2D eigenvalue weighted by Gasteiger charge is 2.87. The molecule has 0 rings (SSSR count). The topological polar surface area (TPSA) is 94.1 Å². The molecule has 0 atom stereocenters. The molecule has 1 amide bonds. The molecule has 43 heavy (non-hydrogen) atoms. The number of carboxylic acid groups (broad SMARTS) is 1. The molecule has 0 saturated heterocycles. The summed E-state index contributed by atoms with van der Waals surface area (Å²) >= 11 is 0. The standard InChI is InChI=1S/C18H17F18NO6/c1-9(2,3)43-8(40)37-4-10(7(38)39,5-41-11(13(19,20)21,14(22,23)24)15(25,26)27)6-42-12(16(28,29)30,17(31,32)33)18(34,35)36/h4-6H2,1-3H3,(H,37,40)(H,38,39). The number of carboxylic acids is 1. The lowest BCUT2D eigenvalue weighted by atomic mass is 9.88. The number of amides is 1. The summed E-state index contributed by atoms with van der Waals surface area (Å²) in [6.07, 6.45) is -47.9. The number of carbonyl (C=O) groups is 2. The van der Waals surface area contributed by atoms with Gasteiger partial charge in [0, 0.05) is 6.54 Å². The van der Waals surface area contributed by atoms with Crippen LogP contribution in [0.3, 0.4) is 0 Å². The minimum absolute atomic E-state index is 1.03. The van der Waals surface area contributed by atoms with Crippen molar-refractivity contribution in [1.29, 1.82) is 0 Å². The van der Waals surface area contributed by atoms with Gasteiger partial charge in [0.05, 0.1) is 13.2 Å². The summed E-state index contributed by atoms with van der Waals surface area (Å²) in [6, 6.07) is 0. The number of halogens is 18. The van der Waals surface area contributed by atoms with Crippen LogP contribution < -0.4 is 5.32 Å². The smallest absolute Gasteiger partial charge is 0.435 e. The third kappa shape index (κ3) is 8.12. The summed E-state index contributed by atoms with van der Waals surface area (Å²) in [5.41, 5.74) is -21.1. The van der Waals surface area contributed by atoms with Crippen molar-refractivity contribution >= 4 is 12.1 Å². The largest absolute Gasteiger partial charge is 0.481 e. The number of rotatable bonds is 9. The fourth-order valence-corrected chi connectivity index (χ4v) is 2.85. The van der Waals surface area contributed by atoms with Crippen LogP contribution in [0.1, 0.15) is 20.8 Å². The van der Waals surface area contributed by atoms with Gasteiger partial charge < -0.3 is 24.6 Å². The van der Waals surface area contributed by atoms with E-state index in [-0.39, 0.29) is 0 Å². The predicted octanol–water partition coefficient (Wildman–Crippen LogP) is 6.47. The van der Waals surface area contributed by atoms with Crippen LogP contribution in [0.5, 0.6) is 0 Å². The Morgan fingerprint density at radius 2 is 0.814 bits per heavy atom. The molecule has 0 bridgehead atoms. The first-order valence-corrected chi connectivity index (χ1v) is 10.3. The van der Waals surface area contributed by atoms with Crippen molar-refractivity contribution < 1.29 is 108 Å². The Labute approximate surface area is 226 Å². The number of carbonyl (C=O) groups excluding carboxylic acids is 1. The Morgan fingerprint density at radius 3 is 1.00 bits per heavy atom. The van der Waals surface area contributed by atoms with E-state index in [0.717, 1.165) is 26.1 Å². The molecule has 25 heteroatoms. The van der Waals surface area contributed by atoms with Crippen molar-refractivity contribution in [3.63, 3.8) is 0 Å². The van der Waals surface area contributed by atoms with Crippen molar-refractivity contribution in [1.82, 2.24) is 5.32 Å². The zero-order valence-electron chi connectivity index (χ0n) is 20.9. The molecule has 0 fully saturated rings. The Morgan fingerprint density at radius 1 is 0.558 bits per heavy atom. The van der Waals surface area contributed by atoms with Crippen LogP contribution in [-0.4, -0.2) is 90.8 Å². The number of aliphatic carboxylic acids is 1. The maximum atomic E-state index is 13.2. The maximum Gasteiger partial charge on any atom is 0.435 e. The van der Waals surface area contributed by atoms with Crippen LogP contribution >= 0.6 is 0 Å². The lowest BCUT2D eigenvalue weighted by Gasteiger charge is -2.42. The highest BCUT2D eigenvalue weighted by Crippen LogP contribution is 2.57. The third-order valence-electron chi connectivity index (χ3n) is 4.95. The Bertz CT molecular complexity index is 857. The molecule has 0 spiro atoms. The molecule has 0 aromatic carbocycles. The fraction of sp³-hybridized carbons (Fsp3) is 0.889. The average molecular weight is 685 g/mol. The molecule has 0 unspecified atom stereocenters. The molecule has 0 radical (unpaired) electrons. The van der Waals surface area contributed by atoms with Gasteiger partial charge in [0.1, 0.15) is 11.0 Å². The van der Waals surface area contributed by atoms with E-state index in [4.69, 9.17) is 0 Å². The molecule has 0 aromatic heterocycles. The number of hydrogen-bond donors (Lipinski definition) is 2. The molecule has 256 valence electrons. The normalized spacial score (nSPS) is 15.4. The molecule has 7 nitrogen and oxygen atoms in total. The number of nitrogens with one attached hydrogen (secondary N) is 1. The predicted molar refractivity (Wildman–Crippen MR) is 98.0 cm³/mol. The van der Waals surface area contributed by atoms with Gasteiger partial charge in [-0.3, -0.25) is 4.79 Å². The Hall–Kier alpha value is -2.60. The van der Waals surface area contributed by atoms with E-state index in [0.29, 0.717) is 0 Å². The Kier molecular flexibility index (Phi) is 11.0. The van der Waals surface area contributed by atoms with E-state index >= 15 is 0 Å². The fourth-order valence-electron chi connectivity index (χ4n) is 2.85. The van der Waals surface area contributed by atoms with Crippen molar-refractivity contribution in [2.45, 2.75) is 74.6 Å². The van der Waals surface area contributed by atoms with Gasteiger partial charge in [-0.05, 0) is 20.8 Å². The molecule has 0 aromatic rings. The molecule has 0 aliphatic carbocycles. The van der Waals surface area contributed by atoms with Gasteiger partial charge >= 0.3 is 60.3 Å². The highest BCUT2D eigenvalue weighted by atomic mass is 19.4. The Balaban J connectivity index is 7.35.